The Balaban J connectivity index is 3.49. The quantitative estimate of drug-likeness (QED) is 0.0464. The van der Waals surface area contributed by atoms with Gasteiger partial charge in [0.2, 0.25) is 5.91 Å². The number of hydrogen-bond acceptors (Lipinski definition) is 3. The lowest BCUT2D eigenvalue weighted by Gasteiger charge is -2.22. The lowest BCUT2D eigenvalue weighted by atomic mass is 10.0. The maximum absolute atomic E-state index is 12.3. The Morgan fingerprint density at radius 3 is 1.30 bits per heavy atom. The summed E-state index contributed by atoms with van der Waals surface area (Å²) in [5.74, 6) is -0.0377. The van der Waals surface area contributed by atoms with Crippen molar-refractivity contribution in [1.29, 1.82) is 0 Å². The number of allylic oxidation sites excluding steroid dienone is 4. The molecule has 0 bridgehead atoms. The minimum Gasteiger partial charge on any atom is -0.394 e. The average molecular weight is 648 g/mol. The van der Waals surface area contributed by atoms with Crippen LogP contribution in [0.4, 0.5) is 0 Å². The molecule has 0 aliphatic carbocycles. The van der Waals surface area contributed by atoms with Crippen LogP contribution >= 0.6 is 0 Å². The zero-order chi connectivity index (χ0) is 33.6. The van der Waals surface area contributed by atoms with Gasteiger partial charge in [-0.2, -0.15) is 0 Å². The van der Waals surface area contributed by atoms with Crippen molar-refractivity contribution in [3.05, 3.63) is 24.3 Å². The van der Waals surface area contributed by atoms with Crippen LogP contribution < -0.4 is 5.32 Å². The van der Waals surface area contributed by atoms with E-state index in [4.69, 9.17) is 0 Å². The van der Waals surface area contributed by atoms with Gasteiger partial charge in [-0.1, -0.05) is 192 Å². The number of hydrogen-bond donors (Lipinski definition) is 3. The number of carbonyl (C=O) groups excluding carboxylic acids is 1. The van der Waals surface area contributed by atoms with Gasteiger partial charge in [0.1, 0.15) is 0 Å². The lowest BCUT2D eigenvalue weighted by Crippen LogP contribution is -2.45. The van der Waals surface area contributed by atoms with Crippen LogP contribution in [0, 0.1) is 0 Å². The molecular formula is C42H81NO3. The van der Waals surface area contributed by atoms with E-state index in [2.05, 4.69) is 43.5 Å². The average Bonchev–Trinajstić information content (AvgIpc) is 3.06. The molecule has 0 fully saturated rings. The van der Waals surface area contributed by atoms with Crippen molar-refractivity contribution >= 4 is 5.91 Å². The Kier molecular flexibility index (Phi) is 37.4. The largest absolute Gasteiger partial charge is 0.394 e. The molecule has 0 radical (unpaired) electrons. The molecule has 4 nitrogen and oxygen atoms in total. The second kappa shape index (κ2) is 38.3. The summed E-state index contributed by atoms with van der Waals surface area (Å²) in [5, 5.41) is 23.0. The van der Waals surface area contributed by atoms with Crippen molar-refractivity contribution in [1.82, 2.24) is 5.32 Å². The predicted molar refractivity (Wildman–Crippen MR) is 202 cm³/mol. The molecule has 272 valence electrons. The summed E-state index contributed by atoms with van der Waals surface area (Å²) in [6, 6.07) is -0.534. The normalized spacial score (nSPS) is 13.2. The van der Waals surface area contributed by atoms with Crippen LogP contribution in [0.15, 0.2) is 24.3 Å². The second-order valence-electron chi connectivity index (χ2n) is 14.1. The van der Waals surface area contributed by atoms with Crippen molar-refractivity contribution in [3.63, 3.8) is 0 Å². The van der Waals surface area contributed by atoms with Crippen LogP contribution in [-0.4, -0.2) is 34.9 Å². The number of amides is 1. The van der Waals surface area contributed by atoms with E-state index < -0.39 is 12.1 Å². The van der Waals surface area contributed by atoms with Crippen LogP contribution in [-0.2, 0) is 4.79 Å². The summed E-state index contributed by atoms with van der Waals surface area (Å²) in [6.07, 6.45) is 48.3. The Morgan fingerprint density at radius 1 is 0.522 bits per heavy atom. The fourth-order valence-electron chi connectivity index (χ4n) is 6.27. The van der Waals surface area contributed by atoms with Gasteiger partial charge in [-0.3, -0.25) is 4.79 Å². The van der Waals surface area contributed by atoms with Crippen molar-refractivity contribution in [2.75, 3.05) is 6.61 Å². The Morgan fingerprint density at radius 2 is 0.891 bits per heavy atom. The van der Waals surface area contributed by atoms with Gasteiger partial charge in [0, 0.05) is 6.42 Å². The molecule has 0 saturated carbocycles. The summed E-state index contributed by atoms with van der Waals surface area (Å²) in [6.45, 7) is 4.33. The molecule has 2 unspecified atom stereocenters. The number of nitrogens with one attached hydrogen (secondary N) is 1. The predicted octanol–water partition coefficient (Wildman–Crippen LogP) is 12.5. The molecule has 4 heteroatoms. The smallest absolute Gasteiger partial charge is 0.220 e. The van der Waals surface area contributed by atoms with E-state index in [0.717, 1.165) is 32.1 Å². The van der Waals surface area contributed by atoms with E-state index >= 15 is 0 Å². The van der Waals surface area contributed by atoms with Gasteiger partial charge in [-0.05, 0) is 44.9 Å². The maximum atomic E-state index is 12.3. The first-order chi connectivity index (χ1) is 22.7. The third kappa shape index (κ3) is 34.2. The summed E-state index contributed by atoms with van der Waals surface area (Å²) in [4.78, 5) is 12.3. The van der Waals surface area contributed by atoms with Crippen LogP contribution in [0.25, 0.3) is 0 Å². The van der Waals surface area contributed by atoms with E-state index in [0.29, 0.717) is 12.8 Å². The zero-order valence-electron chi connectivity index (χ0n) is 31.1. The summed E-state index contributed by atoms with van der Waals surface area (Å²) in [7, 11) is 0. The van der Waals surface area contributed by atoms with Gasteiger partial charge in [0.25, 0.3) is 0 Å². The van der Waals surface area contributed by atoms with E-state index in [1.54, 1.807) is 0 Å². The van der Waals surface area contributed by atoms with Crippen molar-refractivity contribution in [2.45, 2.75) is 231 Å². The first kappa shape index (κ1) is 44.9. The SMILES string of the molecule is CCCCCCCCCCC/C=C\C/C=C\CCCCCCCCCCCC(=O)NC(CO)C(O)CCCCCCCCCCC. The number of aliphatic hydroxyl groups is 2. The Bertz CT molecular complexity index is 661. The summed E-state index contributed by atoms with van der Waals surface area (Å²) < 4.78 is 0. The topological polar surface area (TPSA) is 69.6 Å². The monoisotopic (exact) mass is 648 g/mol. The minimum atomic E-state index is -0.657. The highest BCUT2D eigenvalue weighted by atomic mass is 16.3. The van der Waals surface area contributed by atoms with Crippen molar-refractivity contribution in [3.8, 4) is 0 Å². The Hall–Kier alpha value is -1.13. The fraction of sp³-hybridized carbons (Fsp3) is 0.881. The third-order valence-electron chi connectivity index (χ3n) is 9.47. The molecule has 0 heterocycles. The number of unbranched alkanes of at least 4 members (excludes halogenated alkanes) is 26. The van der Waals surface area contributed by atoms with Gasteiger partial charge in [0.15, 0.2) is 0 Å². The van der Waals surface area contributed by atoms with Gasteiger partial charge >= 0.3 is 0 Å². The molecule has 0 aromatic heterocycles. The molecule has 0 saturated heterocycles. The molecule has 0 spiro atoms. The van der Waals surface area contributed by atoms with Crippen molar-refractivity contribution in [2.24, 2.45) is 0 Å². The number of rotatable bonds is 37. The van der Waals surface area contributed by atoms with E-state index in [-0.39, 0.29) is 12.5 Å². The zero-order valence-corrected chi connectivity index (χ0v) is 31.1. The van der Waals surface area contributed by atoms with Gasteiger partial charge < -0.3 is 15.5 Å². The minimum absolute atomic E-state index is 0.0377. The van der Waals surface area contributed by atoms with Crippen LogP contribution in [0.5, 0.6) is 0 Å². The molecule has 46 heavy (non-hydrogen) atoms. The fourth-order valence-corrected chi connectivity index (χ4v) is 6.27. The molecule has 0 aliphatic heterocycles. The number of carbonyl (C=O) groups is 1. The molecular weight excluding hydrogens is 566 g/mol. The molecule has 2 atom stereocenters. The van der Waals surface area contributed by atoms with E-state index in [1.807, 2.05) is 0 Å². The molecule has 1 amide bonds. The standard InChI is InChI=1S/C42H81NO3/c1-3-5-7-9-11-13-14-15-16-17-18-19-20-21-22-23-24-25-26-27-28-30-32-34-36-38-42(46)43-40(39-44)41(45)37-35-33-31-29-12-10-8-6-4-2/h18-19,21-22,40-41,44-45H,3-17,20,23-39H2,1-2H3,(H,43,46)/b19-18-,22-21-. The molecule has 3 N–H and O–H groups in total. The van der Waals surface area contributed by atoms with Crippen LogP contribution in [0.3, 0.4) is 0 Å². The second-order valence-corrected chi connectivity index (χ2v) is 14.1. The Labute approximate surface area is 288 Å². The summed E-state index contributed by atoms with van der Waals surface area (Å²) in [5.41, 5.74) is 0. The third-order valence-corrected chi connectivity index (χ3v) is 9.47. The maximum Gasteiger partial charge on any atom is 0.220 e. The van der Waals surface area contributed by atoms with Gasteiger partial charge in [-0.25, -0.2) is 0 Å². The van der Waals surface area contributed by atoms with Crippen LogP contribution in [0.1, 0.15) is 219 Å². The molecule has 0 aliphatic rings. The molecule has 0 aromatic rings. The highest BCUT2D eigenvalue weighted by Gasteiger charge is 2.19. The first-order valence-electron chi connectivity index (χ1n) is 20.5. The molecule has 0 rings (SSSR count). The van der Waals surface area contributed by atoms with Gasteiger partial charge in [-0.15, -0.1) is 0 Å². The van der Waals surface area contributed by atoms with E-state index in [9.17, 15) is 15.0 Å². The lowest BCUT2D eigenvalue weighted by molar-refractivity contribution is -0.123. The van der Waals surface area contributed by atoms with Gasteiger partial charge in [0.05, 0.1) is 18.8 Å². The highest BCUT2D eigenvalue weighted by molar-refractivity contribution is 5.76. The highest BCUT2D eigenvalue weighted by Crippen LogP contribution is 2.15. The van der Waals surface area contributed by atoms with E-state index in [1.165, 1.54) is 161 Å². The molecule has 0 aromatic carbocycles. The first-order valence-corrected chi connectivity index (χ1v) is 20.5. The summed E-state index contributed by atoms with van der Waals surface area (Å²) >= 11 is 0. The van der Waals surface area contributed by atoms with Crippen molar-refractivity contribution < 1.29 is 15.0 Å². The number of aliphatic hydroxyl groups excluding tert-OH is 2. The van der Waals surface area contributed by atoms with Crippen LogP contribution in [0.2, 0.25) is 0 Å².